The Bertz CT molecular complexity index is 547. The van der Waals surface area contributed by atoms with Crippen molar-refractivity contribution in [3.05, 3.63) is 35.4 Å². The average Bonchev–Trinajstić information content (AvgIpc) is 2.63. The van der Waals surface area contributed by atoms with E-state index in [1.165, 1.54) is 12.1 Å². The first-order chi connectivity index (χ1) is 8.08. The molecule has 0 unspecified atom stereocenters. The van der Waals surface area contributed by atoms with E-state index in [1.807, 2.05) is 0 Å². The lowest BCUT2D eigenvalue weighted by Crippen LogP contribution is -2.14. The number of benzene rings is 1. The molecular formula is C10H8FN3O3. The van der Waals surface area contributed by atoms with Crippen molar-refractivity contribution in [2.45, 2.75) is 6.92 Å². The topological polar surface area (TPSA) is 88.2 Å². The molecule has 2 aromatic rings. The first-order valence-electron chi connectivity index (χ1n) is 4.67. The van der Waals surface area contributed by atoms with Crippen molar-refractivity contribution >= 4 is 11.9 Å². The van der Waals surface area contributed by atoms with Crippen LogP contribution in [0.15, 0.2) is 22.7 Å². The third kappa shape index (κ3) is 2.22. The van der Waals surface area contributed by atoms with Gasteiger partial charge in [-0.2, -0.15) is 4.98 Å². The minimum atomic E-state index is -0.857. The Hall–Kier alpha value is -2.44. The maximum atomic E-state index is 13.3. The third-order valence-corrected chi connectivity index (χ3v) is 1.97. The fourth-order valence-electron chi connectivity index (χ4n) is 1.24. The molecule has 1 aromatic carbocycles. The minimum Gasteiger partial charge on any atom is -0.507 e. The first kappa shape index (κ1) is 11.1. The Morgan fingerprint density at radius 1 is 1.53 bits per heavy atom. The molecule has 7 heteroatoms. The summed E-state index contributed by atoms with van der Waals surface area (Å²) < 4.78 is 18.0. The van der Waals surface area contributed by atoms with Crippen LogP contribution in [0.25, 0.3) is 0 Å². The van der Waals surface area contributed by atoms with Crippen LogP contribution in [0.1, 0.15) is 16.2 Å². The van der Waals surface area contributed by atoms with Gasteiger partial charge >= 0.3 is 6.01 Å². The van der Waals surface area contributed by atoms with Crippen LogP contribution < -0.4 is 5.32 Å². The van der Waals surface area contributed by atoms with Crippen molar-refractivity contribution in [1.29, 1.82) is 0 Å². The summed E-state index contributed by atoms with van der Waals surface area (Å²) in [7, 11) is 0. The van der Waals surface area contributed by atoms with Crippen LogP contribution in [0.3, 0.4) is 0 Å². The van der Waals surface area contributed by atoms with Gasteiger partial charge in [0.2, 0.25) is 0 Å². The van der Waals surface area contributed by atoms with E-state index in [-0.39, 0.29) is 6.01 Å². The smallest absolute Gasteiger partial charge is 0.328 e. The predicted molar refractivity (Wildman–Crippen MR) is 55.1 cm³/mol. The van der Waals surface area contributed by atoms with Gasteiger partial charge in [0.15, 0.2) is 5.82 Å². The van der Waals surface area contributed by atoms with E-state index >= 15 is 0 Å². The molecule has 0 spiro atoms. The molecule has 0 fully saturated rings. The number of hydrogen-bond acceptors (Lipinski definition) is 5. The molecule has 0 bridgehead atoms. The number of halogens is 1. The summed E-state index contributed by atoms with van der Waals surface area (Å²) in [6, 6.07) is 3.40. The van der Waals surface area contributed by atoms with Crippen molar-refractivity contribution in [1.82, 2.24) is 10.1 Å². The number of phenols is 1. The average molecular weight is 237 g/mol. The fraction of sp³-hybridized carbons (Fsp3) is 0.100. The molecular weight excluding hydrogens is 229 g/mol. The lowest BCUT2D eigenvalue weighted by atomic mass is 10.2. The molecule has 0 aliphatic carbocycles. The Kier molecular flexibility index (Phi) is 2.73. The van der Waals surface area contributed by atoms with E-state index in [0.29, 0.717) is 5.82 Å². The Morgan fingerprint density at radius 3 is 2.88 bits per heavy atom. The van der Waals surface area contributed by atoms with Crippen LogP contribution >= 0.6 is 0 Å². The number of aryl methyl sites for hydroxylation is 1. The summed E-state index contributed by atoms with van der Waals surface area (Å²) in [5, 5.41) is 15.0. The molecule has 88 valence electrons. The van der Waals surface area contributed by atoms with Crippen LogP contribution in [0, 0.1) is 12.7 Å². The van der Waals surface area contributed by atoms with Crippen molar-refractivity contribution < 1.29 is 18.8 Å². The maximum absolute atomic E-state index is 13.3. The van der Waals surface area contributed by atoms with Gasteiger partial charge in [-0.25, -0.2) is 4.39 Å². The number of nitrogens with zero attached hydrogens (tertiary/aromatic N) is 2. The highest BCUT2D eigenvalue weighted by molar-refractivity contribution is 6.05. The summed E-state index contributed by atoms with van der Waals surface area (Å²) in [4.78, 5) is 15.3. The number of anilines is 1. The van der Waals surface area contributed by atoms with Gasteiger partial charge in [-0.15, -0.1) is 0 Å². The number of aromatic nitrogens is 2. The summed E-state index contributed by atoms with van der Waals surface area (Å²) in [6.07, 6.45) is 0. The predicted octanol–water partition coefficient (Wildman–Crippen LogP) is 1.48. The lowest BCUT2D eigenvalue weighted by Gasteiger charge is -2.03. The van der Waals surface area contributed by atoms with Gasteiger partial charge in [0, 0.05) is 0 Å². The second kappa shape index (κ2) is 4.20. The molecule has 2 rings (SSSR count). The van der Waals surface area contributed by atoms with Gasteiger partial charge in [0.25, 0.3) is 5.91 Å². The molecule has 0 radical (unpaired) electrons. The third-order valence-electron chi connectivity index (χ3n) is 1.97. The number of carbonyl (C=O) groups is 1. The second-order valence-corrected chi connectivity index (χ2v) is 3.23. The zero-order valence-corrected chi connectivity index (χ0v) is 8.77. The second-order valence-electron chi connectivity index (χ2n) is 3.23. The van der Waals surface area contributed by atoms with Gasteiger partial charge in [0.05, 0.1) is 0 Å². The summed E-state index contributed by atoms with van der Waals surface area (Å²) in [6.45, 7) is 1.57. The highest BCUT2D eigenvalue weighted by atomic mass is 19.1. The fourth-order valence-corrected chi connectivity index (χ4v) is 1.24. The number of aromatic hydroxyl groups is 1. The van der Waals surface area contributed by atoms with Crippen molar-refractivity contribution in [3.63, 3.8) is 0 Å². The molecule has 0 aliphatic heterocycles. The van der Waals surface area contributed by atoms with E-state index in [4.69, 9.17) is 0 Å². The minimum absolute atomic E-state index is 0.157. The normalized spacial score (nSPS) is 10.2. The van der Waals surface area contributed by atoms with E-state index < -0.39 is 23.0 Å². The molecule has 0 aliphatic rings. The molecule has 1 amide bonds. The monoisotopic (exact) mass is 237 g/mol. The molecule has 1 aromatic heterocycles. The Balaban J connectivity index is 2.26. The van der Waals surface area contributed by atoms with E-state index in [2.05, 4.69) is 20.0 Å². The molecule has 2 N–H and O–H groups in total. The molecule has 0 saturated heterocycles. The molecule has 17 heavy (non-hydrogen) atoms. The Labute approximate surface area is 95.1 Å². The van der Waals surface area contributed by atoms with Crippen molar-refractivity contribution in [2.24, 2.45) is 0 Å². The van der Waals surface area contributed by atoms with Crippen LogP contribution in [0.5, 0.6) is 5.75 Å². The summed E-state index contributed by atoms with van der Waals surface area (Å²) >= 11 is 0. The highest BCUT2D eigenvalue weighted by Gasteiger charge is 2.18. The number of nitrogens with one attached hydrogen (secondary N) is 1. The van der Waals surface area contributed by atoms with Crippen molar-refractivity contribution in [2.75, 3.05) is 5.32 Å². The van der Waals surface area contributed by atoms with E-state index in [9.17, 15) is 14.3 Å². The number of phenolic OH excluding ortho intramolecular Hbond substituents is 1. The number of hydrogen-bond donors (Lipinski definition) is 2. The zero-order valence-electron chi connectivity index (χ0n) is 8.77. The van der Waals surface area contributed by atoms with Crippen LogP contribution in [0.4, 0.5) is 10.4 Å². The first-order valence-corrected chi connectivity index (χ1v) is 4.67. The SMILES string of the molecule is Cc1noc(NC(=O)c2c(O)cccc2F)n1. The quantitative estimate of drug-likeness (QED) is 0.825. The molecule has 0 saturated carbocycles. The van der Waals surface area contributed by atoms with Crippen LogP contribution in [-0.4, -0.2) is 21.2 Å². The summed E-state index contributed by atoms with van der Waals surface area (Å²) in [5.74, 6) is -1.82. The van der Waals surface area contributed by atoms with Gasteiger partial charge in [-0.05, 0) is 19.1 Å². The van der Waals surface area contributed by atoms with Gasteiger partial charge in [-0.3, -0.25) is 10.1 Å². The van der Waals surface area contributed by atoms with Crippen LogP contribution in [-0.2, 0) is 0 Å². The van der Waals surface area contributed by atoms with Gasteiger partial charge in [0.1, 0.15) is 17.1 Å². The van der Waals surface area contributed by atoms with E-state index in [1.54, 1.807) is 6.92 Å². The Morgan fingerprint density at radius 2 is 2.29 bits per heavy atom. The van der Waals surface area contributed by atoms with Crippen molar-refractivity contribution in [3.8, 4) is 5.75 Å². The van der Waals surface area contributed by atoms with E-state index in [0.717, 1.165) is 6.07 Å². The number of rotatable bonds is 2. The highest BCUT2D eigenvalue weighted by Crippen LogP contribution is 2.20. The largest absolute Gasteiger partial charge is 0.507 e. The standard InChI is InChI=1S/C10H8FN3O3/c1-5-12-10(17-14-5)13-9(16)8-6(11)3-2-4-7(8)15/h2-4,15H,1H3,(H,12,13,14,16). The van der Waals surface area contributed by atoms with Crippen LogP contribution in [0.2, 0.25) is 0 Å². The lowest BCUT2D eigenvalue weighted by molar-refractivity contribution is 0.101. The van der Waals surface area contributed by atoms with Gasteiger partial charge in [-0.1, -0.05) is 11.2 Å². The number of carbonyl (C=O) groups excluding carboxylic acids is 1. The molecule has 0 atom stereocenters. The summed E-state index contributed by atoms with van der Waals surface area (Å²) in [5.41, 5.74) is -0.469. The molecule has 6 nitrogen and oxygen atoms in total. The number of amides is 1. The maximum Gasteiger partial charge on any atom is 0.328 e. The molecule has 1 heterocycles. The zero-order chi connectivity index (χ0) is 12.4. The van der Waals surface area contributed by atoms with Gasteiger partial charge < -0.3 is 9.63 Å².